The first-order chi connectivity index (χ1) is 11.4. The molecule has 0 saturated carbocycles. The maximum atomic E-state index is 12.4. The first kappa shape index (κ1) is 18.7. The molecule has 1 saturated heterocycles. The first-order valence-electron chi connectivity index (χ1n) is 7.49. The van der Waals surface area contributed by atoms with E-state index in [0.717, 1.165) is 0 Å². The molecule has 0 aromatic heterocycles. The lowest BCUT2D eigenvalue weighted by atomic mass is 10.2. The third-order valence-electron chi connectivity index (χ3n) is 3.88. The van der Waals surface area contributed by atoms with E-state index in [1.54, 1.807) is 29.2 Å². The molecule has 1 heterocycles. The van der Waals surface area contributed by atoms with Crippen LogP contribution in [0.3, 0.4) is 0 Å². The molecule has 0 bridgehead atoms. The summed E-state index contributed by atoms with van der Waals surface area (Å²) in [4.78, 5) is 14.0. The summed E-state index contributed by atoms with van der Waals surface area (Å²) in [6, 6.07) is 8.55. The van der Waals surface area contributed by atoms with Crippen LogP contribution >= 0.6 is 11.6 Å². The Kier molecular flexibility index (Phi) is 6.18. The van der Waals surface area contributed by atoms with Crippen molar-refractivity contribution in [3.63, 3.8) is 0 Å². The minimum Gasteiger partial charge on any atom is -0.336 e. The number of nitriles is 1. The number of rotatable bonds is 5. The van der Waals surface area contributed by atoms with Gasteiger partial charge in [0, 0.05) is 56.8 Å². The highest BCUT2D eigenvalue weighted by Gasteiger charge is 2.31. The average Bonchev–Trinajstić information content (AvgIpc) is 2.59. The van der Waals surface area contributed by atoms with E-state index in [4.69, 9.17) is 16.9 Å². The van der Waals surface area contributed by atoms with Gasteiger partial charge in [-0.15, -0.1) is 0 Å². The number of halogens is 1. The molecule has 1 aliphatic heterocycles. The Balaban J connectivity index is 1.97. The Morgan fingerprint density at radius 1 is 1.25 bits per heavy atom. The van der Waals surface area contributed by atoms with E-state index >= 15 is 0 Å². The highest BCUT2D eigenvalue weighted by atomic mass is 35.5. The summed E-state index contributed by atoms with van der Waals surface area (Å²) < 4.78 is 27.3. The fourth-order valence-corrected chi connectivity index (χ4v) is 3.88. The number of nitrogens with zero attached hydrogens (tertiary/aromatic N) is 4. The number of benzene rings is 1. The second kappa shape index (κ2) is 7.94. The summed E-state index contributed by atoms with van der Waals surface area (Å²) in [5.74, 6) is -0.137. The molecule has 0 unspecified atom stereocenters. The molecule has 0 radical (unpaired) electrons. The van der Waals surface area contributed by atoms with Crippen LogP contribution in [0.2, 0.25) is 5.02 Å². The molecule has 24 heavy (non-hydrogen) atoms. The number of amides is 1. The first-order valence-corrected chi connectivity index (χ1v) is 9.27. The second-order valence-electron chi connectivity index (χ2n) is 5.44. The SMILES string of the molecule is CN(CCC#N)S(=O)(=O)N1CCN(C(=O)c2ccc(Cl)cc2)CC1. The maximum absolute atomic E-state index is 12.4. The standard InChI is InChI=1S/C15H19ClN4O3S/c1-18(8-2-7-17)24(22,23)20-11-9-19(10-12-20)15(21)13-3-5-14(16)6-4-13/h3-6H,2,8-12H2,1H3. The lowest BCUT2D eigenvalue weighted by Crippen LogP contribution is -2.53. The molecule has 1 amide bonds. The molecule has 1 aromatic carbocycles. The summed E-state index contributed by atoms with van der Waals surface area (Å²) in [6.45, 7) is 1.28. The van der Waals surface area contributed by atoms with Crippen molar-refractivity contribution in [1.29, 1.82) is 5.26 Å². The Hall–Kier alpha value is -1.66. The number of hydrogen-bond acceptors (Lipinski definition) is 4. The van der Waals surface area contributed by atoms with E-state index in [1.165, 1.54) is 15.7 Å². The molecule has 1 fully saturated rings. The van der Waals surface area contributed by atoms with Crippen LogP contribution in [-0.2, 0) is 10.2 Å². The van der Waals surface area contributed by atoms with Gasteiger partial charge in [-0.3, -0.25) is 4.79 Å². The highest BCUT2D eigenvalue weighted by Crippen LogP contribution is 2.15. The fraction of sp³-hybridized carbons (Fsp3) is 0.467. The van der Waals surface area contributed by atoms with Gasteiger partial charge in [-0.1, -0.05) is 11.6 Å². The van der Waals surface area contributed by atoms with Crippen LogP contribution in [0.25, 0.3) is 0 Å². The Morgan fingerprint density at radius 3 is 2.38 bits per heavy atom. The lowest BCUT2D eigenvalue weighted by Gasteiger charge is -2.35. The number of carbonyl (C=O) groups is 1. The zero-order valence-corrected chi connectivity index (χ0v) is 14.9. The van der Waals surface area contributed by atoms with Crippen LogP contribution in [-0.4, -0.2) is 67.6 Å². The van der Waals surface area contributed by atoms with E-state index in [1.807, 2.05) is 6.07 Å². The largest absolute Gasteiger partial charge is 0.336 e. The van der Waals surface area contributed by atoms with Crippen molar-refractivity contribution in [3.8, 4) is 6.07 Å². The van der Waals surface area contributed by atoms with Crippen molar-refractivity contribution in [1.82, 2.24) is 13.5 Å². The zero-order valence-electron chi connectivity index (χ0n) is 13.4. The van der Waals surface area contributed by atoms with E-state index < -0.39 is 10.2 Å². The van der Waals surface area contributed by atoms with Crippen LogP contribution in [0.1, 0.15) is 16.8 Å². The van der Waals surface area contributed by atoms with Crippen molar-refractivity contribution in [2.45, 2.75) is 6.42 Å². The van der Waals surface area contributed by atoms with Gasteiger partial charge in [0.15, 0.2) is 0 Å². The lowest BCUT2D eigenvalue weighted by molar-refractivity contribution is 0.0694. The van der Waals surface area contributed by atoms with Gasteiger partial charge in [0.1, 0.15) is 0 Å². The molecule has 1 aromatic rings. The van der Waals surface area contributed by atoms with Gasteiger partial charge in [0.05, 0.1) is 6.07 Å². The van der Waals surface area contributed by atoms with Crippen molar-refractivity contribution < 1.29 is 13.2 Å². The van der Waals surface area contributed by atoms with Crippen molar-refractivity contribution in [2.75, 3.05) is 39.8 Å². The minimum atomic E-state index is -3.59. The quantitative estimate of drug-likeness (QED) is 0.779. The summed E-state index contributed by atoms with van der Waals surface area (Å²) in [5.41, 5.74) is 0.529. The monoisotopic (exact) mass is 370 g/mol. The van der Waals surface area contributed by atoms with Gasteiger partial charge < -0.3 is 4.90 Å². The zero-order chi connectivity index (χ0) is 17.7. The Bertz CT molecular complexity index is 722. The number of piperazine rings is 1. The molecule has 0 aliphatic carbocycles. The fourth-order valence-electron chi connectivity index (χ4n) is 2.42. The van der Waals surface area contributed by atoms with E-state index in [2.05, 4.69) is 0 Å². The van der Waals surface area contributed by atoms with Crippen LogP contribution in [0, 0.1) is 11.3 Å². The van der Waals surface area contributed by atoms with Crippen LogP contribution in [0.5, 0.6) is 0 Å². The van der Waals surface area contributed by atoms with E-state index in [0.29, 0.717) is 23.7 Å². The molecular formula is C15H19ClN4O3S. The molecule has 9 heteroatoms. The Morgan fingerprint density at radius 2 is 1.83 bits per heavy atom. The topological polar surface area (TPSA) is 84.7 Å². The summed E-state index contributed by atoms with van der Waals surface area (Å²) >= 11 is 5.81. The molecular weight excluding hydrogens is 352 g/mol. The molecule has 7 nitrogen and oxygen atoms in total. The van der Waals surface area contributed by atoms with Gasteiger partial charge >= 0.3 is 0 Å². The average molecular weight is 371 g/mol. The van der Waals surface area contributed by atoms with Crippen LogP contribution < -0.4 is 0 Å². The van der Waals surface area contributed by atoms with Crippen LogP contribution in [0.4, 0.5) is 0 Å². The van der Waals surface area contributed by atoms with Crippen molar-refractivity contribution >= 4 is 27.7 Å². The number of hydrogen-bond donors (Lipinski definition) is 0. The number of carbonyl (C=O) groups excluding carboxylic acids is 1. The summed E-state index contributed by atoms with van der Waals surface area (Å²) in [6.07, 6.45) is 0.144. The van der Waals surface area contributed by atoms with E-state index in [-0.39, 0.29) is 32.0 Å². The maximum Gasteiger partial charge on any atom is 0.281 e. The van der Waals surface area contributed by atoms with Gasteiger partial charge in [0.2, 0.25) is 0 Å². The normalized spacial score (nSPS) is 16.2. The molecule has 2 rings (SSSR count). The molecule has 0 spiro atoms. The van der Waals surface area contributed by atoms with Gasteiger partial charge in [-0.05, 0) is 24.3 Å². The van der Waals surface area contributed by atoms with Crippen molar-refractivity contribution in [2.24, 2.45) is 0 Å². The minimum absolute atomic E-state index is 0.137. The smallest absolute Gasteiger partial charge is 0.281 e. The third kappa shape index (κ3) is 4.24. The summed E-state index contributed by atoms with van der Waals surface area (Å²) in [7, 11) is -2.14. The molecule has 130 valence electrons. The predicted octanol–water partition coefficient (Wildman–Crippen LogP) is 1.19. The van der Waals surface area contributed by atoms with Crippen molar-refractivity contribution in [3.05, 3.63) is 34.9 Å². The summed E-state index contributed by atoms with van der Waals surface area (Å²) in [5, 5.41) is 9.13. The third-order valence-corrected chi connectivity index (χ3v) is 6.12. The molecule has 0 atom stereocenters. The van der Waals surface area contributed by atoms with Gasteiger partial charge in [-0.2, -0.15) is 22.3 Å². The van der Waals surface area contributed by atoms with Gasteiger partial charge in [-0.25, -0.2) is 0 Å². The van der Waals surface area contributed by atoms with Crippen LogP contribution in [0.15, 0.2) is 24.3 Å². The Labute approximate surface area is 147 Å². The molecule has 1 aliphatic rings. The van der Waals surface area contributed by atoms with E-state index in [9.17, 15) is 13.2 Å². The molecule has 0 N–H and O–H groups in total. The predicted molar refractivity (Wildman–Crippen MR) is 90.7 cm³/mol. The highest BCUT2D eigenvalue weighted by molar-refractivity contribution is 7.86. The van der Waals surface area contributed by atoms with Gasteiger partial charge in [0.25, 0.3) is 16.1 Å². The second-order valence-corrected chi connectivity index (χ2v) is 7.91.